The normalized spacial score (nSPS) is 18.2. The molecule has 2 rings (SSSR count). The molecule has 2 N–H and O–H groups in total. The molecule has 1 saturated carbocycles. The molecule has 1 aromatic heterocycles. The SMILES string of the molecule is CC(C)(CNC(=O)C1(CO)CCC1)c1cccs1. The smallest absolute Gasteiger partial charge is 0.228 e. The molecule has 0 atom stereocenters. The summed E-state index contributed by atoms with van der Waals surface area (Å²) in [5, 5.41) is 14.4. The molecule has 1 aliphatic carbocycles. The third-order valence-electron chi connectivity index (χ3n) is 3.97. The Morgan fingerprint density at radius 2 is 2.28 bits per heavy atom. The first-order chi connectivity index (χ1) is 8.50. The summed E-state index contributed by atoms with van der Waals surface area (Å²) in [5.41, 5.74) is -0.546. The second kappa shape index (κ2) is 5.02. The fraction of sp³-hybridized carbons (Fsp3) is 0.643. The van der Waals surface area contributed by atoms with E-state index in [9.17, 15) is 9.90 Å². The van der Waals surface area contributed by atoms with Gasteiger partial charge < -0.3 is 10.4 Å². The van der Waals surface area contributed by atoms with Crippen molar-refractivity contribution in [1.82, 2.24) is 5.32 Å². The van der Waals surface area contributed by atoms with Gasteiger partial charge in [-0.05, 0) is 24.3 Å². The van der Waals surface area contributed by atoms with Crippen LogP contribution < -0.4 is 5.32 Å². The molecule has 0 aliphatic heterocycles. The summed E-state index contributed by atoms with van der Waals surface area (Å²) in [6.45, 7) is 4.85. The minimum absolute atomic E-state index is 0.0147. The van der Waals surface area contributed by atoms with Crippen molar-refractivity contribution >= 4 is 17.2 Å². The maximum Gasteiger partial charge on any atom is 0.228 e. The zero-order valence-electron chi connectivity index (χ0n) is 11.0. The number of rotatable bonds is 5. The fourth-order valence-corrected chi connectivity index (χ4v) is 3.15. The molecule has 0 spiro atoms. The Bertz CT molecular complexity index is 402. The van der Waals surface area contributed by atoms with Crippen LogP contribution in [0.25, 0.3) is 0 Å². The third-order valence-corrected chi connectivity index (χ3v) is 5.21. The minimum atomic E-state index is -0.495. The second-order valence-electron chi connectivity index (χ2n) is 5.84. The molecule has 3 nitrogen and oxygen atoms in total. The lowest BCUT2D eigenvalue weighted by atomic mass is 9.68. The summed E-state index contributed by atoms with van der Waals surface area (Å²) in [6, 6.07) is 4.13. The number of hydrogen-bond donors (Lipinski definition) is 2. The maximum atomic E-state index is 12.1. The Morgan fingerprint density at radius 3 is 2.72 bits per heavy atom. The van der Waals surface area contributed by atoms with Crippen LogP contribution >= 0.6 is 11.3 Å². The molecule has 18 heavy (non-hydrogen) atoms. The number of carbonyl (C=O) groups is 1. The van der Waals surface area contributed by atoms with Gasteiger partial charge in [-0.15, -0.1) is 11.3 Å². The Labute approximate surface area is 112 Å². The summed E-state index contributed by atoms with van der Waals surface area (Å²) in [4.78, 5) is 13.4. The highest BCUT2D eigenvalue weighted by Crippen LogP contribution is 2.40. The number of nitrogens with one attached hydrogen (secondary N) is 1. The van der Waals surface area contributed by atoms with Crippen molar-refractivity contribution in [3.8, 4) is 0 Å². The van der Waals surface area contributed by atoms with Crippen LogP contribution in [0.15, 0.2) is 17.5 Å². The molecule has 100 valence electrons. The maximum absolute atomic E-state index is 12.1. The Morgan fingerprint density at radius 1 is 1.56 bits per heavy atom. The summed E-state index contributed by atoms with van der Waals surface area (Å²) in [5.74, 6) is 0.0147. The van der Waals surface area contributed by atoms with Crippen LogP contribution in [-0.4, -0.2) is 24.2 Å². The summed E-state index contributed by atoms with van der Waals surface area (Å²) >= 11 is 1.71. The molecule has 1 heterocycles. The quantitative estimate of drug-likeness (QED) is 0.860. The molecular formula is C14H21NO2S. The van der Waals surface area contributed by atoms with Gasteiger partial charge in [-0.25, -0.2) is 0 Å². The highest BCUT2D eigenvalue weighted by atomic mass is 32.1. The summed E-state index contributed by atoms with van der Waals surface area (Å²) in [6.07, 6.45) is 2.67. The third kappa shape index (κ3) is 2.45. The van der Waals surface area contributed by atoms with E-state index in [0.717, 1.165) is 19.3 Å². The number of thiophene rings is 1. The number of hydrogen-bond acceptors (Lipinski definition) is 3. The first-order valence-corrected chi connectivity index (χ1v) is 7.31. The number of aliphatic hydroxyl groups is 1. The van der Waals surface area contributed by atoms with E-state index >= 15 is 0 Å². The van der Waals surface area contributed by atoms with E-state index in [4.69, 9.17) is 0 Å². The topological polar surface area (TPSA) is 49.3 Å². The zero-order chi connectivity index (χ0) is 13.2. The van der Waals surface area contributed by atoms with Gasteiger partial charge in [-0.1, -0.05) is 26.3 Å². The average molecular weight is 267 g/mol. The van der Waals surface area contributed by atoms with Crippen LogP contribution in [0, 0.1) is 5.41 Å². The summed E-state index contributed by atoms with van der Waals surface area (Å²) < 4.78 is 0. The molecular weight excluding hydrogens is 246 g/mol. The molecule has 4 heteroatoms. The van der Waals surface area contributed by atoms with Gasteiger partial charge in [0.1, 0.15) is 0 Å². The van der Waals surface area contributed by atoms with Crippen molar-refractivity contribution < 1.29 is 9.90 Å². The lowest BCUT2D eigenvalue weighted by Gasteiger charge is -2.39. The molecule has 0 bridgehead atoms. The highest BCUT2D eigenvalue weighted by molar-refractivity contribution is 7.10. The highest BCUT2D eigenvalue weighted by Gasteiger charge is 2.43. The molecule has 1 amide bonds. The predicted molar refractivity (Wildman–Crippen MR) is 73.7 cm³/mol. The predicted octanol–water partition coefficient (Wildman–Crippen LogP) is 2.30. The van der Waals surface area contributed by atoms with Crippen LogP contribution in [0.3, 0.4) is 0 Å². The largest absolute Gasteiger partial charge is 0.395 e. The summed E-state index contributed by atoms with van der Waals surface area (Å²) in [7, 11) is 0. The zero-order valence-corrected chi connectivity index (χ0v) is 11.8. The van der Waals surface area contributed by atoms with Gasteiger partial charge in [0.25, 0.3) is 0 Å². The van der Waals surface area contributed by atoms with E-state index in [1.165, 1.54) is 4.88 Å². The molecule has 1 fully saturated rings. The van der Waals surface area contributed by atoms with Crippen molar-refractivity contribution in [2.24, 2.45) is 5.41 Å². The monoisotopic (exact) mass is 267 g/mol. The van der Waals surface area contributed by atoms with Crippen molar-refractivity contribution in [2.45, 2.75) is 38.5 Å². The van der Waals surface area contributed by atoms with Gasteiger partial charge in [0.2, 0.25) is 5.91 Å². The number of aliphatic hydroxyl groups excluding tert-OH is 1. The van der Waals surface area contributed by atoms with Gasteiger partial charge in [0.15, 0.2) is 0 Å². The van der Waals surface area contributed by atoms with Gasteiger partial charge in [-0.2, -0.15) is 0 Å². The van der Waals surface area contributed by atoms with Crippen molar-refractivity contribution in [3.05, 3.63) is 22.4 Å². The minimum Gasteiger partial charge on any atom is -0.395 e. The van der Waals surface area contributed by atoms with E-state index in [-0.39, 0.29) is 17.9 Å². The first-order valence-electron chi connectivity index (χ1n) is 6.43. The Balaban J connectivity index is 1.93. The van der Waals surface area contributed by atoms with Crippen molar-refractivity contribution in [3.63, 3.8) is 0 Å². The van der Waals surface area contributed by atoms with Gasteiger partial charge in [0.05, 0.1) is 12.0 Å². The average Bonchev–Trinajstić information content (AvgIpc) is 2.80. The van der Waals surface area contributed by atoms with E-state index in [1.54, 1.807) is 11.3 Å². The molecule has 0 radical (unpaired) electrons. The molecule has 0 saturated heterocycles. The van der Waals surface area contributed by atoms with Gasteiger partial charge in [-0.3, -0.25) is 4.79 Å². The molecule has 1 aromatic rings. The molecule has 0 aromatic carbocycles. The van der Waals surface area contributed by atoms with Crippen LogP contribution in [0.4, 0.5) is 0 Å². The van der Waals surface area contributed by atoms with Crippen LogP contribution in [-0.2, 0) is 10.2 Å². The van der Waals surface area contributed by atoms with E-state index in [2.05, 4.69) is 30.6 Å². The Hall–Kier alpha value is -0.870. The lowest BCUT2D eigenvalue weighted by Crippen LogP contribution is -2.50. The van der Waals surface area contributed by atoms with Crippen LogP contribution in [0.1, 0.15) is 38.0 Å². The molecule has 0 unspecified atom stereocenters. The van der Waals surface area contributed by atoms with Crippen molar-refractivity contribution in [2.75, 3.05) is 13.2 Å². The van der Waals surface area contributed by atoms with Gasteiger partial charge in [0, 0.05) is 16.8 Å². The van der Waals surface area contributed by atoms with Gasteiger partial charge >= 0.3 is 0 Å². The molecule has 1 aliphatic rings. The first kappa shape index (κ1) is 13.6. The van der Waals surface area contributed by atoms with E-state index in [0.29, 0.717) is 6.54 Å². The van der Waals surface area contributed by atoms with E-state index < -0.39 is 5.41 Å². The van der Waals surface area contributed by atoms with Crippen molar-refractivity contribution in [1.29, 1.82) is 0 Å². The standard InChI is InChI=1S/C14H21NO2S/c1-13(2,11-5-3-8-18-11)9-15-12(17)14(10-16)6-4-7-14/h3,5,8,16H,4,6-7,9-10H2,1-2H3,(H,15,17). The lowest BCUT2D eigenvalue weighted by molar-refractivity contribution is -0.139. The van der Waals surface area contributed by atoms with Crippen LogP contribution in [0.2, 0.25) is 0 Å². The second-order valence-corrected chi connectivity index (χ2v) is 6.78. The van der Waals surface area contributed by atoms with Crippen LogP contribution in [0.5, 0.6) is 0 Å². The number of carbonyl (C=O) groups excluding carboxylic acids is 1. The van der Waals surface area contributed by atoms with E-state index in [1.807, 2.05) is 6.07 Å². The number of amides is 1. The Kier molecular flexibility index (Phi) is 3.78. The fourth-order valence-electron chi connectivity index (χ4n) is 2.30.